The highest BCUT2D eigenvalue weighted by Crippen LogP contribution is 2.35. The molecule has 0 bridgehead atoms. The molecule has 2 fully saturated rings. The van der Waals surface area contributed by atoms with Crippen LogP contribution >= 0.6 is 11.3 Å². The lowest BCUT2D eigenvalue weighted by Gasteiger charge is -2.39. The second-order valence-corrected chi connectivity index (χ2v) is 9.72. The fraction of sp³-hybridized carbons (Fsp3) is 0.789. The first-order chi connectivity index (χ1) is 12.2. The van der Waals surface area contributed by atoms with Gasteiger partial charge >= 0.3 is 0 Å². The summed E-state index contributed by atoms with van der Waals surface area (Å²) in [5, 5.41) is 14.2. The van der Waals surface area contributed by atoms with Crippen LogP contribution in [0.3, 0.4) is 0 Å². The number of hydrogen-bond acceptors (Lipinski definition) is 6. The Labute approximate surface area is 160 Å². The monoisotopic (exact) mass is 380 g/mol. The molecule has 2 aliphatic rings. The smallest absolute Gasteiger partial charge is 0.227 e. The molecule has 0 aromatic carbocycles. The summed E-state index contributed by atoms with van der Waals surface area (Å²) in [5.74, 6) is 0.161. The molecule has 0 radical (unpaired) electrons. The van der Waals surface area contributed by atoms with E-state index in [1.165, 1.54) is 0 Å². The van der Waals surface area contributed by atoms with Gasteiger partial charge in [-0.15, -0.1) is 11.3 Å². The molecule has 0 aliphatic carbocycles. The van der Waals surface area contributed by atoms with Crippen LogP contribution in [0.1, 0.15) is 44.3 Å². The standard InChI is InChI=1S/C19H32N4O2S/c1-18(2,3)17(24)23-7-5-19(25,6-8-23)15-14-26-16(20-15)13-22-11-9-21(4)10-12-22/h14,25H,5-13H2,1-4H3. The van der Waals surface area contributed by atoms with Gasteiger partial charge in [0.1, 0.15) is 10.6 Å². The van der Waals surface area contributed by atoms with Gasteiger partial charge < -0.3 is 14.9 Å². The molecule has 0 spiro atoms. The van der Waals surface area contributed by atoms with Gasteiger partial charge in [-0.05, 0) is 19.9 Å². The summed E-state index contributed by atoms with van der Waals surface area (Å²) in [6, 6.07) is 0. The number of aromatic nitrogens is 1. The number of carbonyl (C=O) groups is 1. The topological polar surface area (TPSA) is 59.9 Å². The summed E-state index contributed by atoms with van der Waals surface area (Å²) in [7, 11) is 2.16. The zero-order chi connectivity index (χ0) is 18.9. The number of piperidine rings is 1. The van der Waals surface area contributed by atoms with E-state index >= 15 is 0 Å². The highest BCUT2D eigenvalue weighted by Gasteiger charge is 2.39. The minimum atomic E-state index is -0.897. The van der Waals surface area contributed by atoms with Gasteiger partial charge in [0.25, 0.3) is 0 Å². The second kappa shape index (κ2) is 7.54. The van der Waals surface area contributed by atoms with Crippen LogP contribution in [0.4, 0.5) is 0 Å². The van der Waals surface area contributed by atoms with Crippen LogP contribution in [-0.4, -0.2) is 77.0 Å². The van der Waals surface area contributed by atoms with Crippen LogP contribution in [-0.2, 0) is 16.9 Å². The molecule has 1 N–H and O–H groups in total. The van der Waals surface area contributed by atoms with Crippen molar-refractivity contribution < 1.29 is 9.90 Å². The molecular weight excluding hydrogens is 348 g/mol. The van der Waals surface area contributed by atoms with Gasteiger partial charge in [0.15, 0.2) is 0 Å². The van der Waals surface area contributed by atoms with Crippen molar-refractivity contribution in [3.05, 3.63) is 16.1 Å². The number of amides is 1. The maximum absolute atomic E-state index is 12.4. The molecule has 6 nitrogen and oxygen atoms in total. The van der Waals surface area contributed by atoms with Gasteiger partial charge in [-0.2, -0.15) is 0 Å². The number of aliphatic hydroxyl groups is 1. The normalized spacial score (nSPS) is 22.6. The van der Waals surface area contributed by atoms with E-state index in [0.29, 0.717) is 25.9 Å². The molecule has 1 aromatic rings. The molecule has 146 valence electrons. The Balaban J connectivity index is 1.58. The minimum Gasteiger partial charge on any atom is -0.383 e. The number of hydrogen-bond donors (Lipinski definition) is 1. The molecule has 1 amide bonds. The molecule has 26 heavy (non-hydrogen) atoms. The van der Waals surface area contributed by atoms with Crippen molar-refractivity contribution in [2.75, 3.05) is 46.3 Å². The van der Waals surface area contributed by atoms with Gasteiger partial charge in [0.05, 0.1) is 12.2 Å². The summed E-state index contributed by atoms with van der Waals surface area (Å²) < 4.78 is 0. The van der Waals surface area contributed by atoms with E-state index in [2.05, 4.69) is 16.8 Å². The van der Waals surface area contributed by atoms with Gasteiger partial charge in [0.2, 0.25) is 5.91 Å². The van der Waals surface area contributed by atoms with E-state index in [-0.39, 0.29) is 11.3 Å². The van der Waals surface area contributed by atoms with Crippen molar-refractivity contribution in [2.24, 2.45) is 5.41 Å². The van der Waals surface area contributed by atoms with Crippen LogP contribution in [0, 0.1) is 5.41 Å². The quantitative estimate of drug-likeness (QED) is 0.866. The number of thiazole rings is 1. The highest BCUT2D eigenvalue weighted by molar-refractivity contribution is 7.09. The third-order valence-corrected chi connectivity index (χ3v) is 6.34. The predicted octanol–water partition coefficient (Wildman–Crippen LogP) is 1.75. The van der Waals surface area contributed by atoms with Crippen LogP contribution in [0.2, 0.25) is 0 Å². The van der Waals surface area contributed by atoms with E-state index in [1.807, 2.05) is 31.1 Å². The Morgan fingerprint density at radius 2 is 1.81 bits per heavy atom. The molecule has 1 aromatic heterocycles. The maximum atomic E-state index is 12.4. The maximum Gasteiger partial charge on any atom is 0.227 e. The summed E-state index contributed by atoms with van der Waals surface area (Å²) in [6.07, 6.45) is 1.12. The van der Waals surface area contributed by atoms with E-state index < -0.39 is 5.60 Å². The predicted molar refractivity (Wildman–Crippen MR) is 104 cm³/mol. The first-order valence-corrected chi connectivity index (χ1v) is 10.4. The Kier molecular flexibility index (Phi) is 5.72. The third-order valence-electron chi connectivity index (χ3n) is 5.50. The van der Waals surface area contributed by atoms with Gasteiger partial charge in [0, 0.05) is 50.1 Å². The van der Waals surface area contributed by atoms with Crippen molar-refractivity contribution in [1.29, 1.82) is 0 Å². The molecule has 0 unspecified atom stereocenters. The molecular formula is C19H32N4O2S. The number of piperazine rings is 1. The lowest BCUT2D eigenvalue weighted by atomic mass is 9.86. The van der Waals surface area contributed by atoms with Crippen molar-refractivity contribution in [3.63, 3.8) is 0 Å². The molecule has 0 atom stereocenters. The summed E-state index contributed by atoms with van der Waals surface area (Å²) in [4.78, 5) is 23.8. The lowest BCUT2D eigenvalue weighted by molar-refractivity contribution is -0.144. The summed E-state index contributed by atoms with van der Waals surface area (Å²) in [6.45, 7) is 12.2. The SMILES string of the molecule is CN1CCN(Cc2nc(C3(O)CCN(C(=O)C(C)(C)C)CC3)cs2)CC1. The fourth-order valence-electron chi connectivity index (χ4n) is 3.60. The minimum absolute atomic E-state index is 0.161. The number of rotatable bonds is 3. The Bertz CT molecular complexity index is 624. The molecule has 3 rings (SSSR count). The first kappa shape index (κ1) is 19.7. The van der Waals surface area contributed by atoms with Gasteiger partial charge in [-0.25, -0.2) is 4.98 Å². The van der Waals surface area contributed by atoms with Crippen molar-refractivity contribution in [3.8, 4) is 0 Å². The van der Waals surface area contributed by atoms with Crippen LogP contribution in [0.15, 0.2) is 5.38 Å². The Morgan fingerprint density at radius 1 is 1.19 bits per heavy atom. The van der Waals surface area contributed by atoms with Crippen LogP contribution in [0.5, 0.6) is 0 Å². The van der Waals surface area contributed by atoms with E-state index in [1.54, 1.807) is 11.3 Å². The zero-order valence-electron chi connectivity index (χ0n) is 16.5. The molecule has 2 aliphatic heterocycles. The average Bonchev–Trinajstić information content (AvgIpc) is 3.06. The lowest BCUT2D eigenvalue weighted by Crippen LogP contribution is -2.48. The molecule has 3 heterocycles. The van der Waals surface area contributed by atoms with E-state index in [4.69, 9.17) is 4.98 Å². The van der Waals surface area contributed by atoms with Crippen LogP contribution < -0.4 is 0 Å². The number of likely N-dealkylation sites (N-methyl/N-ethyl adjacent to an activating group) is 1. The Morgan fingerprint density at radius 3 is 2.38 bits per heavy atom. The largest absolute Gasteiger partial charge is 0.383 e. The van der Waals surface area contributed by atoms with Gasteiger partial charge in [-0.3, -0.25) is 9.69 Å². The van der Waals surface area contributed by atoms with Gasteiger partial charge in [-0.1, -0.05) is 20.8 Å². The Hall–Kier alpha value is -1.02. The number of carbonyl (C=O) groups excluding carboxylic acids is 1. The number of nitrogens with zero attached hydrogens (tertiary/aromatic N) is 4. The molecule has 7 heteroatoms. The third kappa shape index (κ3) is 4.44. The summed E-state index contributed by atoms with van der Waals surface area (Å²) in [5.41, 5.74) is -0.480. The van der Waals surface area contributed by atoms with E-state index in [9.17, 15) is 9.90 Å². The highest BCUT2D eigenvalue weighted by atomic mass is 32.1. The zero-order valence-corrected chi connectivity index (χ0v) is 17.3. The average molecular weight is 381 g/mol. The second-order valence-electron chi connectivity index (χ2n) is 8.78. The van der Waals surface area contributed by atoms with Crippen molar-refractivity contribution >= 4 is 17.2 Å². The first-order valence-electron chi connectivity index (χ1n) is 9.55. The number of likely N-dealkylation sites (tertiary alicyclic amines) is 1. The fourth-order valence-corrected chi connectivity index (χ4v) is 4.53. The van der Waals surface area contributed by atoms with Crippen molar-refractivity contribution in [2.45, 2.75) is 45.8 Å². The summed E-state index contributed by atoms with van der Waals surface area (Å²) >= 11 is 1.64. The molecule has 2 saturated heterocycles. The van der Waals surface area contributed by atoms with E-state index in [0.717, 1.165) is 43.4 Å². The molecule has 0 saturated carbocycles. The van der Waals surface area contributed by atoms with Crippen molar-refractivity contribution in [1.82, 2.24) is 19.7 Å². The van der Waals surface area contributed by atoms with Crippen LogP contribution in [0.25, 0.3) is 0 Å².